The minimum absolute atomic E-state index is 0.0953. The number of halogens is 3. The third-order valence-corrected chi connectivity index (χ3v) is 5.39. The zero-order chi connectivity index (χ0) is 21.7. The van der Waals surface area contributed by atoms with E-state index in [0.29, 0.717) is 22.6 Å². The number of benzene rings is 1. The van der Waals surface area contributed by atoms with E-state index in [1.807, 2.05) is 17.6 Å². The number of hydrogen-bond acceptors (Lipinski definition) is 4. The molecule has 3 aromatic rings. The summed E-state index contributed by atoms with van der Waals surface area (Å²) in [6.45, 7) is 4.84. The number of aromatic nitrogens is 2. The minimum atomic E-state index is -4.57. The van der Waals surface area contributed by atoms with Crippen LogP contribution >= 0.6 is 11.3 Å². The van der Waals surface area contributed by atoms with Crippen molar-refractivity contribution < 1.29 is 22.7 Å². The summed E-state index contributed by atoms with van der Waals surface area (Å²) in [5.41, 5.74) is -0.276. The van der Waals surface area contributed by atoms with Crippen LogP contribution < -0.4 is 9.54 Å². The third-order valence-electron chi connectivity index (χ3n) is 4.39. The zero-order valence-corrected chi connectivity index (χ0v) is 17.5. The molecule has 2 heterocycles. The molecule has 2 aromatic heterocycles. The lowest BCUT2D eigenvalue weighted by atomic mass is 10.1. The number of fused-ring (bicyclic) bond motifs is 1. The molecule has 1 amide bonds. The number of amides is 1. The summed E-state index contributed by atoms with van der Waals surface area (Å²) >= 11 is 1.23. The molecule has 0 aliphatic rings. The van der Waals surface area contributed by atoms with Gasteiger partial charge in [-0.05, 0) is 43.2 Å². The normalized spacial score (nSPS) is 12.5. The molecule has 1 aromatic carbocycles. The first-order valence-electron chi connectivity index (χ1n) is 9.72. The van der Waals surface area contributed by atoms with Crippen molar-refractivity contribution in [1.29, 1.82) is 0 Å². The number of rotatable bonds is 7. The van der Waals surface area contributed by atoms with Crippen molar-refractivity contribution in [3.8, 4) is 5.75 Å². The molecule has 5 nitrogen and oxygen atoms in total. The van der Waals surface area contributed by atoms with Crippen molar-refractivity contribution in [2.75, 3.05) is 6.61 Å². The Bertz CT molecular complexity index is 1100. The van der Waals surface area contributed by atoms with Gasteiger partial charge in [0, 0.05) is 12.7 Å². The smallest absolute Gasteiger partial charge is 0.416 e. The number of carbonyl (C=O) groups excluding carboxylic acids is 1. The van der Waals surface area contributed by atoms with Crippen LogP contribution in [-0.4, -0.2) is 22.1 Å². The average Bonchev–Trinajstić information content (AvgIpc) is 3.06. The highest BCUT2D eigenvalue weighted by Crippen LogP contribution is 2.33. The predicted molar refractivity (Wildman–Crippen MR) is 110 cm³/mol. The second kappa shape index (κ2) is 9.42. The van der Waals surface area contributed by atoms with Crippen LogP contribution in [0.5, 0.6) is 5.75 Å². The van der Waals surface area contributed by atoms with Gasteiger partial charge in [-0.25, -0.2) is 4.98 Å². The molecule has 3 rings (SSSR count). The van der Waals surface area contributed by atoms with Crippen molar-refractivity contribution in [2.45, 2.75) is 45.8 Å². The Hall–Kier alpha value is -2.68. The molecule has 0 atom stereocenters. The summed E-state index contributed by atoms with van der Waals surface area (Å²) < 4.78 is 47.0. The molecule has 0 radical (unpaired) electrons. The van der Waals surface area contributed by atoms with Crippen LogP contribution in [0.3, 0.4) is 0 Å². The van der Waals surface area contributed by atoms with Crippen molar-refractivity contribution >= 4 is 27.6 Å². The fourth-order valence-corrected chi connectivity index (χ4v) is 3.88. The van der Waals surface area contributed by atoms with Gasteiger partial charge < -0.3 is 9.30 Å². The van der Waals surface area contributed by atoms with Gasteiger partial charge in [-0.3, -0.25) is 4.79 Å². The Morgan fingerprint density at radius 2 is 2.03 bits per heavy atom. The Labute approximate surface area is 175 Å². The molecule has 0 aliphatic carbocycles. The molecular weight excluding hydrogens is 415 g/mol. The highest BCUT2D eigenvalue weighted by molar-refractivity contribution is 7.15. The van der Waals surface area contributed by atoms with Crippen molar-refractivity contribution in [3.05, 3.63) is 52.5 Å². The third kappa shape index (κ3) is 4.89. The number of carbonyl (C=O) groups is 1. The van der Waals surface area contributed by atoms with Crippen LogP contribution in [0.15, 0.2) is 41.5 Å². The largest absolute Gasteiger partial charge is 0.493 e. The fraction of sp³-hybridized carbons (Fsp3) is 0.381. The highest BCUT2D eigenvalue weighted by atomic mass is 32.1. The molecule has 9 heteroatoms. The standard InChI is InChI=1S/C21H22F3N3O2S/c1-3-5-11-27-16-7-6-10-25-19(16)30-20(27)26-18(28)15-13-14(21(22,23)24)8-9-17(15)29-12-4-2/h6-10,13H,3-5,11-12H2,1-2H3. The van der Waals surface area contributed by atoms with Crippen molar-refractivity contribution in [2.24, 2.45) is 4.99 Å². The summed E-state index contributed by atoms with van der Waals surface area (Å²) in [6, 6.07) is 6.58. The Morgan fingerprint density at radius 1 is 1.23 bits per heavy atom. The SMILES string of the molecule is CCCCn1c(=NC(=O)c2cc(C(F)(F)F)ccc2OCCC)sc2ncccc21. The van der Waals surface area contributed by atoms with Crippen LogP contribution in [0, 0.1) is 0 Å². The second-order valence-corrected chi connectivity index (χ2v) is 7.65. The number of thiazole rings is 1. The monoisotopic (exact) mass is 437 g/mol. The number of alkyl halides is 3. The number of hydrogen-bond donors (Lipinski definition) is 0. The molecule has 160 valence electrons. The van der Waals surface area contributed by atoms with Crippen LogP contribution in [0.25, 0.3) is 10.3 Å². The van der Waals surface area contributed by atoms with Gasteiger partial charge in [0.25, 0.3) is 5.91 Å². The lowest BCUT2D eigenvalue weighted by Gasteiger charge is -2.12. The maximum absolute atomic E-state index is 13.2. The van der Waals surface area contributed by atoms with E-state index in [1.54, 1.807) is 12.3 Å². The maximum Gasteiger partial charge on any atom is 0.416 e. The summed E-state index contributed by atoms with van der Waals surface area (Å²) in [5.74, 6) is -0.679. The molecule has 0 bridgehead atoms. The fourth-order valence-electron chi connectivity index (χ4n) is 2.88. The Kier molecular flexibility index (Phi) is 6.91. The van der Waals surface area contributed by atoms with E-state index in [-0.39, 0.29) is 17.9 Å². The number of pyridine rings is 1. The zero-order valence-electron chi connectivity index (χ0n) is 16.7. The molecule has 30 heavy (non-hydrogen) atoms. The van der Waals surface area contributed by atoms with Gasteiger partial charge in [0.15, 0.2) is 4.80 Å². The lowest BCUT2D eigenvalue weighted by Crippen LogP contribution is -2.18. The van der Waals surface area contributed by atoms with E-state index in [9.17, 15) is 18.0 Å². The van der Waals surface area contributed by atoms with Gasteiger partial charge in [-0.1, -0.05) is 31.6 Å². The minimum Gasteiger partial charge on any atom is -0.493 e. The van der Waals surface area contributed by atoms with Gasteiger partial charge >= 0.3 is 6.18 Å². The highest BCUT2D eigenvalue weighted by Gasteiger charge is 2.32. The molecule has 0 fully saturated rings. The number of aryl methyl sites for hydroxylation is 1. The van der Waals surface area contributed by atoms with Crippen LogP contribution in [-0.2, 0) is 12.7 Å². The van der Waals surface area contributed by atoms with E-state index in [4.69, 9.17) is 4.74 Å². The quantitative estimate of drug-likeness (QED) is 0.494. The van der Waals surface area contributed by atoms with Crippen LogP contribution in [0.1, 0.15) is 49.0 Å². The van der Waals surface area contributed by atoms with E-state index < -0.39 is 17.6 Å². The van der Waals surface area contributed by atoms with E-state index in [0.717, 1.165) is 30.5 Å². The first kappa shape index (κ1) is 22.0. The van der Waals surface area contributed by atoms with Gasteiger partial charge in [0.2, 0.25) is 0 Å². The van der Waals surface area contributed by atoms with Gasteiger partial charge in [-0.15, -0.1) is 0 Å². The van der Waals surface area contributed by atoms with E-state index in [2.05, 4.69) is 16.9 Å². The maximum atomic E-state index is 13.2. The molecule has 0 aliphatic heterocycles. The molecule has 0 spiro atoms. The van der Waals surface area contributed by atoms with Gasteiger partial charge in [0.1, 0.15) is 10.6 Å². The summed E-state index contributed by atoms with van der Waals surface area (Å²) in [4.78, 5) is 22.5. The molecule has 0 N–H and O–H groups in total. The molecule has 0 saturated carbocycles. The van der Waals surface area contributed by atoms with Gasteiger partial charge in [0.05, 0.1) is 23.3 Å². The van der Waals surface area contributed by atoms with Crippen molar-refractivity contribution in [1.82, 2.24) is 9.55 Å². The topological polar surface area (TPSA) is 56.5 Å². The Morgan fingerprint density at radius 3 is 2.73 bits per heavy atom. The van der Waals surface area contributed by atoms with Crippen LogP contribution in [0.4, 0.5) is 13.2 Å². The number of ether oxygens (including phenoxy) is 1. The first-order valence-corrected chi connectivity index (χ1v) is 10.5. The first-order chi connectivity index (χ1) is 14.3. The van der Waals surface area contributed by atoms with E-state index >= 15 is 0 Å². The average molecular weight is 437 g/mol. The predicted octanol–water partition coefficient (Wildman–Crippen LogP) is 5.45. The van der Waals surface area contributed by atoms with Gasteiger partial charge in [-0.2, -0.15) is 18.2 Å². The summed E-state index contributed by atoms with van der Waals surface area (Å²) in [6.07, 6.45) is -0.444. The van der Waals surface area contributed by atoms with E-state index in [1.165, 1.54) is 17.4 Å². The van der Waals surface area contributed by atoms with Crippen molar-refractivity contribution in [3.63, 3.8) is 0 Å². The van der Waals surface area contributed by atoms with Crippen LogP contribution in [0.2, 0.25) is 0 Å². The molecule has 0 saturated heterocycles. The summed E-state index contributed by atoms with van der Waals surface area (Å²) in [5, 5.41) is 0. The second-order valence-electron chi connectivity index (χ2n) is 6.69. The lowest BCUT2D eigenvalue weighted by molar-refractivity contribution is -0.137. The molecular formula is C21H22F3N3O2S. The number of nitrogens with zero attached hydrogens (tertiary/aromatic N) is 3. The summed E-state index contributed by atoms with van der Waals surface area (Å²) in [7, 11) is 0. The number of unbranched alkanes of at least 4 members (excludes halogenated alkanes) is 1. The molecule has 0 unspecified atom stereocenters. The Balaban J connectivity index is 2.11.